The van der Waals surface area contributed by atoms with Crippen molar-refractivity contribution in [2.24, 2.45) is 0 Å². The van der Waals surface area contributed by atoms with Crippen LogP contribution >= 0.6 is 0 Å². The number of hydrogen-bond acceptors (Lipinski definition) is 4. The van der Waals surface area contributed by atoms with Crippen LogP contribution in [0.2, 0.25) is 0 Å². The van der Waals surface area contributed by atoms with Gasteiger partial charge in [0.15, 0.2) is 0 Å². The molecule has 1 atom stereocenters. The molecule has 1 unspecified atom stereocenters. The van der Waals surface area contributed by atoms with Crippen LogP contribution in [0.5, 0.6) is 0 Å². The molecule has 0 spiro atoms. The van der Waals surface area contributed by atoms with Crippen molar-refractivity contribution in [1.29, 1.82) is 0 Å². The maximum atomic E-state index is 13.4. The van der Waals surface area contributed by atoms with Gasteiger partial charge in [0, 0.05) is 54.3 Å². The predicted molar refractivity (Wildman–Crippen MR) is 147 cm³/mol. The van der Waals surface area contributed by atoms with Crippen molar-refractivity contribution >= 4 is 16.8 Å². The Morgan fingerprint density at radius 3 is 2.55 bits per heavy atom. The molecule has 38 heavy (non-hydrogen) atoms. The molecule has 0 aliphatic heterocycles. The van der Waals surface area contributed by atoms with Crippen molar-refractivity contribution in [3.05, 3.63) is 121 Å². The monoisotopic (exact) mass is 501 g/mol. The maximum absolute atomic E-state index is 13.4. The summed E-state index contributed by atoms with van der Waals surface area (Å²) in [5, 5.41) is 4.24. The van der Waals surface area contributed by atoms with Gasteiger partial charge in [0.05, 0.1) is 24.3 Å². The summed E-state index contributed by atoms with van der Waals surface area (Å²) in [5.41, 5.74) is 5.61. The minimum absolute atomic E-state index is 0.169. The third kappa shape index (κ3) is 4.59. The topological polar surface area (TPSA) is 93.4 Å². The number of imidazole rings is 2. The molecule has 8 nitrogen and oxygen atoms in total. The molecule has 4 heterocycles. The van der Waals surface area contributed by atoms with Gasteiger partial charge in [0.25, 0.3) is 5.91 Å². The van der Waals surface area contributed by atoms with E-state index in [2.05, 4.69) is 56.0 Å². The fraction of sp³-hybridized carbons (Fsp3) is 0.133. The number of H-pyrrole nitrogens is 1. The highest BCUT2D eigenvalue weighted by molar-refractivity contribution is 5.98. The highest BCUT2D eigenvalue weighted by atomic mass is 16.2. The number of aromatic amines is 1. The molecule has 0 fully saturated rings. The summed E-state index contributed by atoms with van der Waals surface area (Å²) in [6, 6.07) is 21.7. The predicted octanol–water partition coefficient (Wildman–Crippen LogP) is 5.35. The molecule has 2 N–H and O–H groups in total. The number of aromatic nitrogens is 6. The normalized spacial score (nSPS) is 12.0. The van der Waals surface area contributed by atoms with Crippen LogP contribution in [0.4, 0.5) is 0 Å². The molecule has 0 saturated carbocycles. The van der Waals surface area contributed by atoms with E-state index in [1.807, 2.05) is 59.4 Å². The first kappa shape index (κ1) is 23.4. The molecule has 0 saturated heterocycles. The van der Waals surface area contributed by atoms with E-state index in [0.29, 0.717) is 18.7 Å². The summed E-state index contributed by atoms with van der Waals surface area (Å²) in [6.07, 6.45) is 11.5. The van der Waals surface area contributed by atoms with Gasteiger partial charge in [0.2, 0.25) is 0 Å². The smallest absolute Gasteiger partial charge is 0.268 e. The van der Waals surface area contributed by atoms with E-state index >= 15 is 0 Å². The van der Waals surface area contributed by atoms with Crippen LogP contribution in [0, 0.1) is 0 Å². The van der Waals surface area contributed by atoms with Crippen LogP contribution in [-0.2, 0) is 13.0 Å². The number of amides is 1. The van der Waals surface area contributed by atoms with E-state index in [4.69, 9.17) is 4.98 Å². The van der Waals surface area contributed by atoms with Gasteiger partial charge in [0.1, 0.15) is 11.5 Å². The quantitative estimate of drug-likeness (QED) is 0.294. The third-order valence-electron chi connectivity index (χ3n) is 6.75. The maximum Gasteiger partial charge on any atom is 0.268 e. The number of benzene rings is 2. The fourth-order valence-corrected chi connectivity index (χ4v) is 4.84. The lowest BCUT2D eigenvalue weighted by Gasteiger charge is -2.20. The molecular formula is C30H27N7O. The first-order chi connectivity index (χ1) is 18.7. The Balaban J connectivity index is 1.33. The average molecular weight is 502 g/mol. The van der Waals surface area contributed by atoms with E-state index in [1.54, 1.807) is 24.9 Å². The largest absolute Gasteiger partial charge is 0.351 e. The van der Waals surface area contributed by atoms with Gasteiger partial charge in [-0.25, -0.2) is 9.97 Å². The van der Waals surface area contributed by atoms with Crippen molar-refractivity contribution in [2.75, 3.05) is 0 Å². The van der Waals surface area contributed by atoms with Crippen LogP contribution < -0.4 is 5.32 Å². The molecule has 4 aromatic heterocycles. The lowest BCUT2D eigenvalue weighted by molar-refractivity contribution is 0.0929. The summed E-state index contributed by atoms with van der Waals surface area (Å²) in [4.78, 5) is 29.8. The van der Waals surface area contributed by atoms with Crippen LogP contribution in [0.1, 0.15) is 34.8 Å². The second-order valence-electron chi connectivity index (χ2n) is 9.12. The molecule has 8 heteroatoms. The molecule has 188 valence electrons. The summed E-state index contributed by atoms with van der Waals surface area (Å²) in [5.74, 6) is 0.639. The van der Waals surface area contributed by atoms with Crippen molar-refractivity contribution < 1.29 is 4.79 Å². The van der Waals surface area contributed by atoms with Crippen molar-refractivity contribution in [3.8, 4) is 16.9 Å². The Morgan fingerprint density at radius 1 is 1.00 bits per heavy atom. The highest BCUT2D eigenvalue weighted by Gasteiger charge is 2.24. The number of para-hydroxylation sites is 1. The molecule has 2 aromatic carbocycles. The van der Waals surface area contributed by atoms with Gasteiger partial charge >= 0.3 is 0 Å². The fourth-order valence-electron chi connectivity index (χ4n) is 4.84. The van der Waals surface area contributed by atoms with E-state index in [0.717, 1.165) is 39.2 Å². The standard InChI is InChI=1S/C30H27N7O/c1-2-37-28(22-7-9-24(10-8-22)36-16-15-32-20-36)19-33-29(37)26(17-21-11-13-31-14-12-21)35-30(38)27-18-23-5-3-4-6-25(23)34-27/h3-16,18-20,26,34H,2,17H2,1H3,(H,35,38). The van der Waals surface area contributed by atoms with Crippen molar-refractivity contribution in [3.63, 3.8) is 0 Å². The summed E-state index contributed by atoms with van der Waals surface area (Å²) < 4.78 is 4.14. The van der Waals surface area contributed by atoms with Crippen LogP contribution in [0.25, 0.3) is 27.8 Å². The van der Waals surface area contributed by atoms with Gasteiger partial charge in [-0.15, -0.1) is 0 Å². The molecule has 6 aromatic rings. The van der Waals surface area contributed by atoms with Gasteiger partial charge in [-0.1, -0.05) is 30.3 Å². The number of nitrogens with one attached hydrogen (secondary N) is 2. The highest BCUT2D eigenvalue weighted by Crippen LogP contribution is 2.27. The van der Waals surface area contributed by atoms with Gasteiger partial charge < -0.3 is 19.4 Å². The number of nitrogens with zero attached hydrogens (tertiary/aromatic N) is 5. The summed E-state index contributed by atoms with van der Waals surface area (Å²) in [7, 11) is 0. The molecule has 0 radical (unpaired) electrons. The Hall–Kier alpha value is -4.98. The van der Waals surface area contributed by atoms with Crippen molar-refractivity contribution in [1.82, 2.24) is 34.4 Å². The van der Waals surface area contributed by atoms with E-state index < -0.39 is 0 Å². The SMILES string of the molecule is CCn1c(-c2ccc(-n3ccnc3)cc2)cnc1C(Cc1ccncc1)NC(=O)c1cc2ccccc2[nH]1. The van der Waals surface area contributed by atoms with E-state index in [1.165, 1.54) is 0 Å². The number of rotatable bonds is 8. The molecular weight excluding hydrogens is 474 g/mol. The zero-order chi connectivity index (χ0) is 25.9. The minimum Gasteiger partial charge on any atom is -0.351 e. The average Bonchev–Trinajstić information content (AvgIpc) is 3.73. The van der Waals surface area contributed by atoms with E-state index in [-0.39, 0.29) is 11.9 Å². The molecule has 0 bridgehead atoms. The third-order valence-corrected chi connectivity index (χ3v) is 6.75. The Morgan fingerprint density at radius 2 is 1.82 bits per heavy atom. The lowest BCUT2D eigenvalue weighted by atomic mass is 10.1. The van der Waals surface area contributed by atoms with Crippen LogP contribution in [-0.4, -0.2) is 35.0 Å². The Labute approximate surface area is 220 Å². The van der Waals surface area contributed by atoms with Crippen molar-refractivity contribution in [2.45, 2.75) is 25.9 Å². The molecule has 6 rings (SSSR count). The zero-order valence-electron chi connectivity index (χ0n) is 21.0. The molecule has 1 amide bonds. The minimum atomic E-state index is -0.338. The first-order valence-corrected chi connectivity index (χ1v) is 12.6. The van der Waals surface area contributed by atoms with Crippen LogP contribution in [0.3, 0.4) is 0 Å². The number of carbonyl (C=O) groups excluding carboxylic acids is 1. The summed E-state index contributed by atoms with van der Waals surface area (Å²) in [6.45, 7) is 2.81. The number of fused-ring (bicyclic) bond motifs is 1. The van der Waals surface area contributed by atoms with Crippen LogP contribution in [0.15, 0.2) is 104 Å². The number of pyridine rings is 1. The number of carbonyl (C=O) groups is 1. The second kappa shape index (κ2) is 10.2. The number of hydrogen-bond donors (Lipinski definition) is 2. The first-order valence-electron chi connectivity index (χ1n) is 12.6. The molecule has 0 aliphatic carbocycles. The van der Waals surface area contributed by atoms with Gasteiger partial charge in [-0.05, 0) is 54.4 Å². The van der Waals surface area contributed by atoms with Gasteiger partial charge in [-0.3, -0.25) is 9.78 Å². The lowest BCUT2D eigenvalue weighted by Crippen LogP contribution is -2.32. The molecule has 0 aliphatic rings. The second-order valence-corrected chi connectivity index (χ2v) is 9.12. The van der Waals surface area contributed by atoms with Gasteiger partial charge in [-0.2, -0.15) is 0 Å². The van der Waals surface area contributed by atoms with E-state index in [9.17, 15) is 4.79 Å². The Kier molecular flexibility index (Phi) is 6.27. The Bertz CT molecular complexity index is 1630. The zero-order valence-corrected chi connectivity index (χ0v) is 21.0. The summed E-state index contributed by atoms with van der Waals surface area (Å²) >= 11 is 0.